The highest BCUT2D eigenvalue weighted by Gasteiger charge is 2.61. The van der Waals surface area contributed by atoms with E-state index in [1.807, 2.05) is 0 Å². The van der Waals surface area contributed by atoms with Crippen molar-refractivity contribution < 1.29 is 62.2 Å². The van der Waals surface area contributed by atoms with Gasteiger partial charge in [-0.2, -0.15) is 0 Å². The van der Waals surface area contributed by atoms with Crippen LogP contribution in [0.1, 0.15) is 72.6 Å². The van der Waals surface area contributed by atoms with Crippen LogP contribution in [0.15, 0.2) is 42.5 Å². The molecule has 2 aromatic rings. The molecule has 0 spiro atoms. The van der Waals surface area contributed by atoms with Gasteiger partial charge in [-0.1, -0.05) is 29.8 Å². The summed E-state index contributed by atoms with van der Waals surface area (Å²) < 4.78 is 37.3. The Labute approximate surface area is 295 Å². The third-order valence-electron chi connectivity index (χ3n) is 7.15. The van der Waals surface area contributed by atoms with Crippen LogP contribution in [0.3, 0.4) is 0 Å². The molecule has 1 N–H and O–H groups in total. The van der Waals surface area contributed by atoms with Crippen LogP contribution >= 0.6 is 11.6 Å². The lowest BCUT2D eigenvalue weighted by atomic mass is 10.0. The van der Waals surface area contributed by atoms with Crippen molar-refractivity contribution in [2.24, 2.45) is 0 Å². The second-order valence-electron chi connectivity index (χ2n) is 12.5. The van der Waals surface area contributed by atoms with Crippen molar-refractivity contribution in [2.75, 3.05) is 19.8 Å². The second kappa shape index (κ2) is 16.9. The van der Waals surface area contributed by atoms with Crippen LogP contribution in [0.2, 0.25) is 5.02 Å². The van der Waals surface area contributed by atoms with Crippen molar-refractivity contribution in [1.29, 1.82) is 0 Å². The van der Waals surface area contributed by atoms with Crippen molar-refractivity contribution in [3.63, 3.8) is 0 Å². The normalized spacial score (nSPS) is 17.4. The maximum Gasteiger partial charge on any atom is 0.453 e. The number of esters is 4. The lowest BCUT2D eigenvalue weighted by molar-refractivity contribution is -0.211. The number of amides is 1. The third kappa shape index (κ3) is 10.2. The average Bonchev–Trinajstić information content (AvgIpc) is 3.43. The van der Waals surface area contributed by atoms with Gasteiger partial charge in [0.25, 0.3) is 0 Å². The third-order valence-corrected chi connectivity index (χ3v) is 7.39. The summed E-state index contributed by atoms with van der Waals surface area (Å²) in [7, 11) is 0. The molecule has 0 fully saturated rings. The lowest BCUT2D eigenvalue weighted by Gasteiger charge is -2.33. The minimum absolute atomic E-state index is 0.00945. The van der Waals surface area contributed by atoms with Gasteiger partial charge >= 0.3 is 35.8 Å². The number of carbonyl (C=O) groups excluding carboxylic acids is 5. The molecule has 50 heavy (non-hydrogen) atoms. The topological polar surface area (TPSA) is 173 Å². The summed E-state index contributed by atoms with van der Waals surface area (Å²) in [5.41, 5.74) is 0.255. The van der Waals surface area contributed by atoms with Gasteiger partial charge in [-0.3, -0.25) is 0 Å². The van der Waals surface area contributed by atoms with Crippen molar-refractivity contribution in [3.05, 3.63) is 58.6 Å². The summed E-state index contributed by atoms with van der Waals surface area (Å²) in [6.07, 6.45) is -4.47. The first-order chi connectivity index (χ1) is 23.4. The lowest BCUT2D eigenvalue weighted by Crippen LogP contribution is -2.57. The summed E-state index contributed by atoms with van der Waals surface area (Å²) in [5.74, 6) is -7.65. The molecule has 1 aliphatic heterocycles. The van der Waals surface area contributed by atoms with E-state index in [1.165, 1.54) is 30.9 Å². The van der Waals surface area contributed by atoms with E-state index in [2.05, 4.69) is 0 Å². The molecule has 4 atom stereocenters. The van der Waals surface area contributed by atoms with Crippen LogP contribution in [0.4, 0.5) is 4.79 Å². The number of hydrogen-bond acceptors (Lipinski definition) is 13. The number of hydrogen-bond donors (Lipinski definition) is 1. The summed E-state index contributed by atoms with van der Waals surface area (Å²) in [5, 5.41) is 11.5. The van der Waals surface area contributed by atoms with Gasteiger partial charge in [-0.15, -0.1) is 0 Å². The monoisotopic (exact) mass is 721 g/mol. The average molecular weight is 722 g/mol. The highest BCUT2D eigenvalue weighted by molar-refractivity contribution is 6.30. The number of fused-ring (bicyclic) bond motifs is 1. The van der Waals surface area contributed by atoms with Gasteiger partial charge in [0, 0.05) is 11.1 Å². The molecular formula is C35H44ClNO13. The Morgan fingerprint density at radius 1 is 0.860 bits per heavy atom. The fourth-order valence-electron chi connectivity index (χ4n) is 4.73. The van der Waals surface area contributed by atoms with Crippen LogP contribution in [-0.2, 0) is 49.3 Å². The van der Waals surface area contributed by atoms with E-state index in [4.69, 9.17) is 44.8 Å². The number of halogens is 1. The minimum Gasteiger partial charge on any atom is -0.463 e. The first kappa shape index (κ1) is 39.9. The van der Waals surface area contributed by atoms with Crippen molar-refractivity contribution in [3.8, 4) is 11.5 Å². The van der Waals surface area contributed by atoms with E-state index in [1.54, 1.807) is 71.9 Å². The van der Waals surface area contributed by atoms with E-state index in [0.717, 1.165) is 0 Å². The zero-order valence-corrected chi connectivity index (χ0v) is 30.1. The standard InChI is InChI=1S/C35H44ClNO13/c1-9-44-29(39)21(4)46-31(41)35(32(42)47-22(5)30(40)45-10-2)48-27-15-14-23(17-28(27)49-35)16-20(3)37(33(43)50-34(6,7)8)19-26(38)24-12-11-13-25(36)18-24/h11-15,17-18,20-22,26,38H,9-10,16,19H2,1-8H3. The Bertz CT molecular complexity index is 1520. The maximum absolute atomic E-state index is 13.5. The van der Waals surface area contributed by atoms with Crippen molar-refractivity contribution >= 4 is 41.6 Å². The smallest absolute Gasteiger partial charge is 0.453 e. The molecule has 0 saturated carbocycles. The summed E-state index contributed by atoms with van der Waals surface area (Å²) >= 11 is 6.12. The molecule has 1 heterocycles. The highest BCUT2D eigenvalue weighted by Crippen LogP contribution is 2.42. The first-order valence-electron chi connectivity index (χ1n) is 16.1. The molecule has 0 aliphatic carbocycles. The van der Waals surface area contributed by atoms with Crippen LogP contribution in [-0.4, -0.2) is 89.4 Å². The molecule has 0 aromatic heterocycles. The number of nitrogens with zero attached hydrogens (tertiary/aromatic N) is 1. The van der Waals surface area contributed by atoms with Crippen LogP contribution in [0.5, 0.6) is 11.5 Å². The van der Waals surface area contributed by atoms with Gasteiger partial charge < -0.3 is 43.2 Å². The predicted molar refractivity (Wildman–Crippen MR) is 177 cm³/mol. The van der Waals surface area contributed by atoms with Gasteiger partial charge in [0.05, 0.1) is 25.9 Å². The summed E-state index contributed by atoms with van der Waals surface area (Å²) in [6.45, 7) is 12.4. The van der Waals surface area contributed by atoms with E-state index in [-0.39, 0.29) is 37.7 Å². The van der Waals surface area contributed by atoms with Gasteiger partial charge in [0.1, 0.15) is 5.60 Å². The molecule has 4 unspecified atom stereocenters. The molecule has 1 amide bonds. The number of aliphatic hydroxyl groups is 1. The Morgan fingerprint density at radius 2 is 1.42 bits per heavy atom. The predicted octanol–water partition coefficient (Wildman–Crippen LogP) is 4.70. The largest absolute Gasteiger partial charge is 0.463 e. The number of aliphatic hydroxyl groups excluding tert-OH is 1. The molecular weight excluding hydrogens is 678 g/mol. The van der Waals surface area contributed by atoms with E-state index < -0.39 is 65.7 Å². The Morgan fingerprint density at radius 3 is 1.94 bits per heavy atom. The van der Waals surface area contributed by atoms with Gasteiger partial charge in [-0.25, -0.2) is 24.0 Å². The number of carbonyl (C=O) groups is 5. The van der Waals surface area contributed by atoms with Crippen molar-refractivity contribution in [2.45, 2.75) is 97.6 Å². The quantitative estimate of drug-likeness (QED) is 0.162. The molecule has 1 aliphatic rings. The molecule has 14 nitrogen and oxygen atoms in total. The molecule has 274 valence electrons. The van der Waals surface area contributed by atoms with Crippen LogP contribution in [0.25, 0.3) is 0 Å². The first-order valence-corrected chi connectivity index (χ1v) is 16.5. The Balaban J connectivity index is 1.90. The second-order valence-corrected chi connectivity index (χ2v) is 12.9. The molecule has 0 saturated heterocycles. The van der Waals surface area contributed by atoms with Crippen LogP contribution < -0.4 is 9.47 Å². The minimum atomic E-state index is -2.89. The summed E-state index contributed by atoms with van der Waals surface area (Å²) in [6, 6.07) is 10.6. The fourth-order valence-corrected chi connectivity index (χ4v) is 4.93. The Kier molecular flexibility index (Phi) is 13.5. The number of benzene rings is 2. The van der Waals surface area contributed by atoms with E-state index in [9.17, 15) is 29.1 Å². The van der Waals surface area contributed by atoms with Crippen molar-refractivity contribution in [1.82, 2.24) is 4.90 Å². The molecule has 0 radical (unpaired) electrons. The Hall–Kier alpha value is -4.56. The molecule has 15 heteroatoms. The fraction of sp³-hybridized carbons (Fsp3) is 0.514. The van der Waals surface area contributed by atoms with Gasteiger partial charge in [-0.05, 0) is 97.2 Å². The zero-order chi connectivity index (χ0) is 37.4. The molecule has 3 rings (SSSR count). The molecule has 0 bridgehead atoms. The zero-order valence-electron chi connectivity index (χ0n) is 29.4. The molecule has 2 aromatic carbocycles. The maximum atomic E-state index is 13.5. The SMILES string of the molecule is CCOC(=O)C(C)OC(=O)C1(C(=O)OC(C)C(=O)OCC)Oc2ccc(CC(C)N(CC(O)c3cccc(Cl)c3)C(=O)OC(C)(C)C)cc2O1. The highest BCUT2D eigenvalue weighted by atomic mass is 35.5. The number of ether oxygens (including phenoxy) is 7. The van der Waals surface area contributed by atoms with Crippen LogP contribution in [0, 0.1) is 0 Å². The summed E-state index contributed by atoms with van der Waals surface area (Å²) in [4.78, 5) is 66.1. The van der Waals surface area contributed by atoms with E-state index >= 15 is 0 Å². The van der Waals surface area contributed by atoms with E-state index in [0.29, 0.717) is 16.1 Å². The number of rotatable bonds is 14. The van der Waals surface area contributed by atoms with Gasteiger partial charge in [0.2, 0.25) is 0 Å². The van der Waals surface area contributed by atoms with Gasteiger partial charge in [0.15, 0.2) is 23.7 Å².